The lowest BCUT2D eigenvalue weighted by Crippen LogP contribution is -2.48. The maximum atomic E-state index is 10.9. The van der Waals surface area contributed by atoms with Crippen LogP contribution in [0.25, 0.3) is 0 Å². The topological polar surface area (TPSA) is 175 Å². The third kappa shape index (κ3) is 7.00. The van der Waals surface area contributed by atoms with Crippen molar-refractivity contribution in [2.75, 3.05) is 19.8 Å². The van der Waals surface area contributed by atoms with Gasteiger partial charge in [0.2, 0.25) is 0 Å². The number of aromatic nitrogens is 2. The van der Waals surface area contributed by atoms with Crippen LogP contribution in [0.5, 0.6) is 5.88 Å². The van der Waals surface area contributed by atoms with E-state index in [0.717, 1.165) is 11.7 Å². The summed E-state index contributed by atoms with van der Waals surface area (Å²) in [4.78, 5) is 31.1. The molecule has 3 unspecified atom stereocenters. The molecule has 34 heavy (non-hydrogen) atoms. The summed E-state index contributed by atoms with van der Waals surface area (Å²) in [5.74, 6) is -0.277. The van der Waals surface area contributed by atoms with Crippen LogP contribution < -0.4 is 10.1 Å². The monoisotopic (exact) mass is 524 g/mol. The molecular formula is C18H32N6O8S2. The fourth-order valence-corrected chi connectivity index (χ4v) is 5.98. The number of nitrogens with zero attached hydrogens (tertiary/aromatic N) is 5. The summed E-state index contributed by atoms with van der Waals surface area (Å²) in [6.45, 7) is 12.8. The minimum Gasteiger partial charge on any atom is -0.473 e. The van der Waals surface area contributed by atoms with Gasteiger partial charge in [0.25, 0.3) is 16.1 Å². The van der Waals surface area contributed by atoms with Crippen molar-refractivity contribution in [1.29, 1.82) is 0 Å². The molecule has 1 aliphatic rings. The van der Waals surface area contributed by atoms with Crippen LogP contribution in [0.2, 0.25) is 0 Å². The van der Waals surface area contributed by atoms with E-state index < -0.39 is 33.3 Å². The Hall–Kier alpha value is -2.01. The summed E-state index contributed by atoms with van der Waals surface area (Å²) in [6.07, 6.45) is -0.884. The highest BCUT2D eigenvalue weighted by Crippen LogP contribution is 2.52. The van der Waals surface area contributed by atoms with E-state index in [1.165, 1.54) is 16.8 Å². The Kier molecular flexibility index (Phi) is 8.90. The molecule has 0 bridgehead atoms. The third-order valence-corrected chi connectivity index (χ3v) is 7.87. The van der Waals surface area contributed by atoms with Gasteiger partial charge in [-0.15, -0.1) is 24.6 Å². The molecule has 2 heterocycles. The summed E-state index contributed by atoms with van der Waals surface area (Å²) in [5, 5.41) is 35.1. The lowest BCUT2D eigenvalue weighted by molar-refractivity contribution is -0.768. The molecule has 2 rings (SSSR count). The Balaban J connectivity index is 2.17. The molecular weight excluding hydrogens is 492 g/mol. The molecule has 0 aliphatic carbocycles. The molecule has 16 heteroatoms. The maximum absolute atomic E-state index is 10.9. The van der Waals surface area contributed by atoms with Gasteiger partial charge < -0.3 is 24.9 Å². The van der Waals surface area contributed by atoms with Crippen LogP contribution in [0, 0.1) is 26.1 Å². The largest absolute Gasteiger partial charge is 0.473 e. The van der Waals surface area contributed by atoms with Crippen LogP contribution in [-0.4, -0.2) is 76.9 Å². The van der Waals surface area contributed by atoms with Crippen molar-refractivity contribution in [3.63, 3.8) is 0 Å². The molecule has 0 aromatic carbocycles. The van der Waals surface area contributed by atoms with Crippen LogP contribution >= 0.6 is 23.5 Å². The maximum Gasteiger partial charge on any atom is 0.294 e. The Morgan fingerprint density at radius 2 is 1.85 bits per heavy atom. The van der Waals surface area contributed by atoms with E-state index in [-0.39, 0.29) is 36.4 Å². The zero-order valence-electron chi connectivity index (χ0n) is 20.2. The Morgan fingerprint density at radius 3 is 2.41 bits per heavy atom. The van der Waals surface area contributed by atoms with Gasteiger partial charge >= 0.3 is 0 Å². The van der Waals surface area contributed by atoms with Crippen molar-refractivity contribution in [2.45, 2.75) is 81.5 Å². The first-order valence-corrected chi connectivity index (χ1v) is 12.1. The lowest BCUT2D eigenvalue weighted by Gasteiger charge is -2.35. The van der Waals surface area contributed by atoms with E-state index in [1.807, 2.05) is 34.6 Å². The number of hydrogen-bond donors (Lipinski definition) is 2. The van der Waals surface area contributed by atoms with E-state index in [2.05, 4.69) is 18.9 Å². The minimum absolute atomic E-state index is 0.150. The van der Waals surface area contributed by atoms with Crippen molar-refractivity contribution in [3.05, 3.63) is 20.2 Å². The van der Waals surface area contributed by atoms with Crippen LogP contribution in [-0.2, 0) is 9.68 Å². The predicted octanol–water partition coefficient (Wildman–Crippen LogP) is 2.43. The summed E-state index contributed by atoms with van der Waals surface area (Å²) < 4.78 is 14.1. The molecule has 3 atom stereocenters. The van der Waals surface area contributed by atoms with Crippen molar-refractivity contribution in [2.24, 2.45) is 5.92 Å². The molecule has 1 aromatic heterocycles. The first kappa shape index (κ1) is 28.2. The van der Waals surface area contributed by atoms with E-state index in [4.69, 9.17) is 9.57 Å². The third-order valence-electron chi connectivity index (χ3n) is 5.59. The van der Waals surface area contributed by atoms with Gasteiger partial charge in [0.1, 0.15) is 13.2 Å². The van der Waals surface area contributed by atoms with Gasteiger partial charge in [-0.3, -0.25) is 0 Å². The first-order valence-electron chi connectivity index (χ1n) is 10.5. The number of hydrogen-bond acceptors (Lipinski definition) is 14. The van der Waals surface area contributed by atoms with Crippen LogP contribution in [0.15, 0.2) is 5.03 Å². The molecule has 1 aliphatic heterocycles. The van der Waals surface area contributed by atoms with Crippen LogP contribution in [0.1, 0.15) is 48.5 Å². The van der Waals surface area contributed by atoms with E-state index in [0.29, 0.717) is 5.03 Å². The highest BCUT2D eigenvalue weighted by atomic mass is 32.2. The van der Waals surface area contributed by atoms with Crippen LogP contribution in [0.3, 0.4) is 0 Å². The fourth-order valence-electron chi connectivity index (χ4n) is 3.84. The molecule has 0 amide bonds. The molecule has 1 saturated heterocycles. The highest BCUT2D eigenvalue weighted by molar-refractivity contribution is 8.00. The number of rotatable bonds is 12. The second-order valence-electron chi connectivity index (χ2n) is 10.1. The highest BCUT2D eigenvalue weighted by Gasteiger charge is 2.59. The molecule has 14 nitrogen and oxygen atoms in total. The number of nitrogens with one attached hydrogen (secondary N) is 1. The number of thioether (sulfide) groups is 1. The van der Waals surface area contributed by atoms with Crippen molar-refractivity contribution in [3.8, 4) is 5.88 Å². The molecule has 0 radical (unpaired) electrons. The van der Waals surface area contributed by atoms with Gasteiger partial charge in [-0.25, -0.2) is 0 Å². The minimum atomic E-state index is -0.884. The SMILES string of the molecule is CC(C)(C)NCC(COc1nsnc1SC1C(CO[N+](=O)[O-])C(C)(C)N(O)C1(C)C)O[N+](=O)[O-]. The smallest absolute Gasteiger partial charge is 0.294 e. The van der Waals surface area contributed by atoms with Gasteiger partial charge in [0.05, 0.1) is 17.3 Å². The Labute approximate surface area is 205 Å². The zero-order chi connectivity index (χ0) is 25.9. The average molecular weight is 525 g/mol. The van der Waals surface area contributed by atoms with Crippen molar-refractivity contribution < 1.29 is 29.8 Å². The number of ether oxygens (including phenoxy) is 1. The summed E-state index contributed by atoms with van der Waals surface area (Å²) in [5.41, 5.74) is -1.90. The van der Waals surface area contributed by atoms with Gasteiger partial charge in [-0.2, -0.15) is 9.44 Å². The van der Waals surface area contributed by atoms with Crippen molar-refractivity contribution in [1.82, 2.24) is 19.1 Å². The van der Waals surface area contributed by atoms with Crippen LogP contribution in [0.4, 0.5) is 0 Å². The Morgan fingerprint density at radius 1 is 1.21 bits per heavy atom. The predicted molar refractivity (Wildman–Crippen MR) is 123 cm³/mol. The fraction of sp³-hybridized carbons (Fsp3) is 0.889. The normalized spacial score (nSPS) is 22.8. The van der Waals surface area contributed by atoms with Gasteiger partial charge in [-0.1, -0.05) is 11.8 Å². The Bertz CT molecular complexity index is 862. The average Bonchev–Trinajstić information content (AvgIpc) is 3.18. The molecule has 0 saturated carbocycles. The summed E-state index contributed by atoms with van der Waals surface area (Å²) >= 11 is 2.16. The van der Waals surface area contributed by atoms with Gasteiger partial charge in [0, 0.05) is 28.8 Å². The number of hydroxylamine groups is 2. The van der Waals surface area contributed by atoms with E-state index in [1.54, 1.807) is 13.8 Å². The zero-order valence-corrected chi connectivity index (χ0v) is 21.8. The summed E-state index contributed by atoms with van der Waals surface area (Å²) in [7, 11) is 0. The first-order chi connectivity index (χ1) is 15.6. The van der Waals surface area contributed by atoms with Gasteiger partial charge in [0.15, 0.2) is 11.1 Å². The molecule has 1 aromatic rings. The van der Waals surface area contributed by atoms with E-state index >= 15 is 0 Å². The van der Waals surface area contributed by atoms with E-state index in [9.17, 15) is 25.4 Å². The second-order valence-corrected chi connectivity index (χ2v) is 11.7. The van der Waals surface area contributed by atoms with Crippen molar-refractivity contribution >= 4 is 23.5 Å². The molecule has 194 valence electrons. The molecule has 1 fully saturated rings. The van der Waals surface area contributed by atoms with Gasteiger partial charge in [-0.05, 0) is 48.5 Å². The standard InChI is InChI=1S/C18H32N6O8S2/c1-16(2,3)19-8-11(32-24(28)29)9-30-14-15(21-34-20-14)33-13-12(10-31-23(26)27)17(4,5)22(25)18(13,6)7/h11-13,19,25H,8-10H2,1-7H3. The second kappa shape index (κ2) is 10.7. The quantitative estimate of drug-likeness (QED) is 0.301. The molecule has 2 N–H and O–H groups in total. The molecule has 0 spiro atoms. The summed E-state index contributed by atoms with van der Waals surface area (Å²) in [6, 6.07) is 0. The lowest BCUT2D eigenvalue weighted by atomic mass is 9.87.